The maximum atomic E-state index is 5.42. The SMILES string of the molecule is CC(NCC1(C)CCNC1)C1CCOC1. The number of hydrogen-bond donors (Lipinski definition) is 2. The summed E-state index contributed by atoms with van der Waals surface area (Å²) >= 11 is 0. The maximum absolute atomic E-state index is 5.42. The van der Waals surface area contributed by atoms with E-state index >= 15 is 0 Å². The van der Waals surface area contributed by atoms with Gasteiger partial charge in [0.05, 0.1) is 6.61 Å². The summed E-state index contributed by atoms with van der Waals surface area (Å²) in [7, 11) is 0. The third-order valence-corrected chi connectivity index (χ3v) is 3.98. The molecule has 0 spiro atoms. The van der Waals surface area contributed by atoms with Crippen molar-refractivity contribution in [2.24, 2.45) is 11.3 Å². The highest BCUT2D eigenvalue weighted by Crippen LogP contribution is 2.24. The molecule has 88 valence electrons. The molecule has 2 aliphatic rings. The van der Waals surface area contributed by atoms with Gasteiger partial charge in [-0.2, -0.15) is 0 Å². The Kier molecular flexibility index (Phi) is 3.65. The van der Waals surface area contributed by atoms with Crippen molar-refractivity contribution in [3.8, 4) is 0 Å². The fraction of sp³-hybridized carbons (Fsp3) is 1.00. The Labute approximate surface area is 93.0 Å². The molecule has 0 radical (unpaired) electrons. The van der Waals surface area contributed by atoms with Crippen LogP contribution in [0.3, 0.4) is 0 Å². The Morgan fingerprint density at radius 3 is 3.07 bits per heavy atom. The quantitative estimate of drug-likeness (QED) is 0.729. The summed E-state index contributed by atoms with van der Waals surface area (Å²) in [4.78, 5) is 0. The molecule has 0 amide bonds. The van der Waals surface area contributed by atoms with Gasteiger partial charge in [0.25, 0.3) is 0 Å². The van der Waals surface area contributed by atoms with Crippen LogP contribution in [-0.2, 0) is 4.74 Å². The van der Waals surface area contributed by atoms with E-state index in [9.17, 15) is 0 Å². The third-order valence-electron chi connectivity index (χ3n) is 3.98. The molecule has 0 aliphatic carbocycles. The average molecular weight is 212 g/mol. The van der Waals surface area contributed by atoms with Gasteiger partial charge in [-0.15, -0.1) is 0 Å². The Balaban J connectivity index is 1.72. The largest absolute Gasteiger partial charge is 0.381 e. The third kappa shape index (κ3) is 2.92. The van der Waals surface area contributed by atoms with Crippen LogP contribution in [0.5, 0.6) is 0 Å². The van der Waals surface area contributed by atoms with Crippen molar-refractivity contribution in [1.29, 1.82) is 0 Å². The number of rotatable bonds is 4. The second-order valence-electron chi connectivity index (χ2n) is 5.53. The van der Waals surface area contributed by atoms with Gasteiger partial charge in [-0.3, -0.25) is 0 Å². The number of nitrogens with one attached hydrogen (secondary N) is 2. The topological polar surface area (TPSA) is 33.3 Å². The van der Waals surface area contributed by atoms with Crippen molar-refractivity contribution in [3.05, 3.63) is 0 Å². The molecule has 0 aromatic carbocycles. The minimum atomic E-state index is 0.466. The van der Waals surface area contributed by atoms with Gasteiger partial charge in [0.15, 0.2) is 0 Å². The molecule has 3 unspecified atom stereocenters. The van der Waals surface area contributed by atoms with Crippen LogP contribution in [0.1, 0.15) is 26.7 Å². The molecule has 3 nitrogen and oxygen atoms in total. The van der Waals surface area contributed by atoms with E-state index in [0.717, 1.165) is 32.2 Å². The van der Waals surface area contributed by atoms with Crippen LogP contribution in [0.4, 0.5) is 0 Å². The van der Waals surface area contributed by atoms with Crippen molar-refractivity contribution in [2.75, 3.05) is 32.8 Å². The Morgan fingerprint density at radius 2 is 2.47 bits per heavy atom. The van der Waals surface area contributed by atoms with Crippen LogP contribution < -0.4 is 10.6 Å². The number of hydrogen-bond acceptors (Lipinski definition) is 3. The summed E-state index contributed by atoms with van der Waals surface area (Å²) in [6, 6.07) is 0.602. The Hall–Kier alpha value is -0.120. The number of ether oxygens (including phenoxy) is 1. The highest BCUT2D eigenvalue weighted by Gasteiger charge is 2.30. The summed E-state index contributed by atoms with van der Waals surface area (Å²) in [5.41, 5.74) is 0.466. The first-order valence-electron chi connectivity index (χ1n) is 6.21. The molecule has 2 aliphatic heterocycles. The lowest BCUT2D eigenvalue weighted by Crippen LogP contribution is -2.41. The fourth-order valence-corrected chi connectivity index (χ4v) is 2.54. The molecular weight excluding hydrogens is 188 g/mol. The predicted octanol–water partition coefficient (Wildman–Crippen LogP) is 1.00. The summed E-state index contributed by atoms with van der Waals surface area (Å²) in [6.45, 7) is 10.0. The predicted molar refractivity (Wildman–Crippen MR) is 62.0 cm³/mol. The summed E-state index contributed by atoms with van der Waals surface area (Å²) < 4.78 is 5.42. The van der Waals surface area contributed by atoms with Crippen molar-refractivity contribution in [3.63, 3.8) is 0 Å². The zero-order valence-corrected chi connectivity index (χ0v) is 10.0. The van der Waals surface area contributed by atoms with Gasteiger partial charge in [-0.1, -0.05) is 6.92 Å². The average Bonchev–Trinajstić information content (AvgIpc) is 2.85. The molecule has 2 saturated heterocycles. The summed E-state index contributed by atoms with van der Waals surface area (Å²) in [5, 5.41) is 7.13. The van der Waals surface area contributed by atoms with E-state index in [1.165, 1.54) is 19.4 Å². The molecular formula is C12H24N2O. The zero-order valence-electron chi connectivity index (χ0n) is 10.0. The van der Waals surface area contributed by atoms with E-state index < -0.39 is 0 Å². The van der Waals surface area contributed by atoms with Gasteiger partial charge in [0.1, 0.15) is 0 Å². The van der Waals surface area contributed by atoms with Gasteiger partial charge in [-0.25, -0.2) is 0 Å². The first-order valence-corrected chi connectivity index (χ1v) is 6.21. The molecule has 2 heterocycles. The standard InChI is InChI=1S/C12H24N2O/c1-10(11-3-6-15-7-11)14-9-12(2)4-5-13-8-12/h10-11,13-14H,3-9H2,1-2H3. The first kappa shape index (κ1) is 11.4. The highest BCUT2D eigenvalue weighted by molar-refractivity contribution is 4.87. The normalized spacial score (nSPS) is 38.4. The van der Waals surface area contributed by atoms with E-state index in [0.29, 0.717) is 11.5 Å². The van der Waals surface area contributed by atoms with E-state index in [1.54, 1.807) is 0 Å². The van der Waals surface area contributed by atoms with Crippen molar-refractivity contribution >= 4 is 0 Å². The Bertz CT molecular complexity index is 196. The van der Waals surface area contributed by atoms with Gasteiger partial charge in [-0.05, 0) is 37.6 Å². The summed E-state index contributed by atoms with van der Waals surface area (Å²) in [6.07, 6.45) is 2.52. The van der Waals surface area contributed by atoms with Gasteiger partial charge in [0.2, 0.25) is 0 Å². The molecule has 2 fully saturated rings. The summed E-state index contributed by atoms with van der Waals surface area (Å²) in [5.74, 6) is 0.725. The lowest BCUT2D eigenvalue weighted by Gasteiger charge is -2.27. The minimum Gasteiger partial charge on any atom is -0.381 e. The molecule has 0 saturated carbocycles. The second-order valence-corrected chi connectivity index (χ2v) is 5.53. The van der Waals surface area contributed by atoms with Crippen LogP contribution >= 0.6 is 0 Å². The van der Waals surface area contributed by atoms with Crippen LogP contribution in [0.15, 0.2) is 0 Å². The Morgan fingerprint density at radius 1 is 1.60 bits per heavy atom. The smallest absolute Gasteiger partial charge is 0.0509 e. The second kappa shape index (κ2) is 4.81. The van der Waals surface area contributed by atoms with Crippen molar-refractivity contribution < 1.29 is 4.74 Å². The highest BCUT2D eigenvalue weighted by atomic mass is 16.5. The molecule has 0 aromatic rings. The molecule has 2 rings (SSSR count). The van der Waals surface area contributed by atoms with E-state index in [1.807, 2.05) is 0 Å². The maximum Gasteiger partial charge on any atom is 0.0509 e. The molecule has 0 bridgehead atoms. The lowest BCUT2D eigenvalue weighted by molar-refractivity contribution is 0.176. The zero-order chi connectivity index (χ0) is 10.7. The van der Waals surface area contributed by atoms with Crippen LogP contribution in [0.2, 0.25) is 0 Å². The molecule has 2 N–H and O–H groups in total. The first-order chi connectivity index (χ1) is 7.20. The fourth-order valence-electron chi connectivity index (χ4n) is 2.54. The lowest BCUT2D eigenvalue weighted by atomic mass is 9.89. The van der Waals surface area contributed by atoms with E-state index in [4.69, 9.17) is 4.74 Å². The van der Waals surface area contributed by atoms with Crippen LogP contribution in [0, 0.1) is 11.3 Å². The van der Waals surface area contributed by atoms with Crippen LogP contribution in [-0.4, -0.2) is 38.9 Å². The van der Waals surface area contributed by atoms with Gasteiger partial charge in [0, 0.05) is 25.7 Å². The van der Waals surface area contributed by atoms with Gasteiger partial charge >= 0.3 is 0 Å². The van der Waals surface area contributed by atoms with Crippen molar-refractivity contribution in [2.45, 2.75) is 32.7 Å². The monoisotopic (exact) mass is 212 g/mol. The molecule has 3 atom stereocenters. The van der Waals surface area contributed by atoms with Gasteiger partial charge < -0.3 is 15.4 Å². The molecule has 15 heavy (non-hydrogen) atoms. The van der Waals surface area contributed by atoms with E-state index in [2.05, 4.69) is 24.5 Å². The minimum absolute atomic E-state index is 0.466. The van der Waals surface area contributed by atoms with Crippen molar-refractivity contribution in [1.82, 2.24) is 10.6 Å². The van der Waals surface area contributed by atoms with E-state index in [-0.39, 0.29) is 0 Å². The van der Waals surface area contributed by atoms with Crippen LogP contribution in [0.25, 0.3) is 0 Å². The molecule has 3 heteroatoms. The molecule has 0 aromatic heterocycles.